The van der Waals surface area contributed by atoms with Gasteiger partial charge >= 0.3 is 6.18 Å². The molecule has 1 rings (SSSR count). The van der Waals surface area contributed by atoms with Gasteiger partial charge < -0.3 is 21.4 Å². The molecule has 0 aromatic carbocycles. The number of nitrogens with zero attached hydrogens (tertiary/aromatic N) is 1. The first-order valence-corrected chi connectivity index (χ1v) is 5.56. The van der Waals surface area contributed by atoms with Crippen molar-refractivity contribution in [1.29, 1.82) is 0 Å². The van der Waals surface area contributed by atoms with Crippen LogP contribution in [0.25, 0.3) is 0 Å². The fraction of sp³-hybridized carbons (Fsp3) is 0.900. The van der Waals surface area contributed by atoms with Gasteiger partial charge in [0.2, 0.25) is 0 Å². The standard InChI is InChI=1S/C10H18F3N3O2/c1-9(2)6(3-7(9)17)15-4-5(8(14)16-18)10(11,12)13/h5-7,15,17-18H,3-4H2,1-2H3,(H2,14,16). The van der Waals surface area contributed by atoms with Crippen LogP contribution in [0.3, 0.4) is 0 Å². The number of aliphatic hydroxyl groups is 1. The monoisotopic (exact) mass is 269 g/mol. The summed E-state index contributed by atoms with van der Waals surface area (Å²) in [6.45, 7) is 3.07. The molecule has 0 amide bonds. The third kappa shape index (κ3) is 2.86. The second-order valence-electron chi connectivity index (χ2n) is 5.15. The first-order valence-electron chi connectivity index (χ1n) is 5.56. The van der Waals surface area contributed by atoms with Gasteiger partial charge in [0.25, 0.3) is 0 Å². The largest absolute Gasteiger partial charge is 0.409 e. The number of hydrogen-bond acceptors (Lipinski definition) is 4. The number of rotatable bonds is 4. The minimum Gasteiger partial charge on any atom is -0.409 e. The SMILES string of the molecule is CC1(C)C(O)CC1NCC(C(N)=NO)C(F)(F)F. The zero-order valence-electron chi connectivity index (χ0n) is 10.2. The van der Waals surface area contributed by atoms with Crippen molar-refractivity contribution in [2.45, 2.75) is 38.6 Å². The van der Waals surface area contributed by atoms with E-state index in [4.69, 9.17) is 10.9 Å². The molecule has 0 bridgehead atoms. The van der Waals surface area contributed by atoms with Crippen LogP contribution < -0.4 is 11.1 Å². The number of halogens is 3. The molecule has 1 aliphatic carbocycles. The van der Waals surface area contributed by atoms with Gasteiger partial charge in [-0.15, -0.1) is 0 Å². The highest BCUT2D eigenvalue weighted by Gasteiger charge is 2.49. The van der Waals surface area contributed by atoms with E-state index >= 15 is 0 Å². The third-order valence-electron chi connectivity index (χ3n) is 3.65. The summed E-state index contributed by atoms with van der Waals surface area (Å²) in [7, 11) is 0. The van der Waals surface area contributed by atoms with Gasteiger partial charge in [0.1, 0.15) is 5.92 Å². The first kappa shape index (κ1) is 15.0. The van der Waals surface area contributed by atoms with Crippen molar-refractivity contribution in [3.05, 3.63) is 0 Å². The lowest BCUT2D eigenvalue weighted by atomic mass is 9.64. The molecule has 1 saturated carbocycles. The summed E-state index contributed by atoms with van der Waals surface area (Å²) in [5.74, 6) is -2.90. The van der Waals surface area contributed by atoms with E-state index in [0.717, 1.165) is 0 Å². The first-order chi connectivity index (χ1) is 8.10. The fourth-order valence-electron chi connectivity index (χ4n) is 1.97. The number of oxime groups is 1. The van der Waals surface area contributed by atoms with Crippen molar-refractivity contribution in [3.63, 3.8) is 0 Å². The predicted molar refractivity (Wildman–Crippen MR) is 59.1 cm³/mol. The number of amidine groups is 1. The minimum atomic E-state index is -4.57. The van der Waals surface area contributed by atoms with Gasteiger partial charge in [-0.05, 0) is 6.42 Å². The molecule has 3 unspecified atom stereocenters. The number of aliphatic hydroxyl groups excluding tert-OH is 1. The van der Waals surface area contributed by atoms with Crippen LogP contribution >= 0.6 is 0 Å². The van der Waals surface area contributed by atoms with Crippen LogP contribution in [0.15, 0.2) is 5.16 Å². The van der Waals surface area contributed by atoms with Crippen LogP contribution in [0.5, 0.6) is 0 Å². The molecule has 0 saturated heterocycles. The minimum absolute atomic E-state index is 0.219. The van der Waals surface area contributed by atoms with E-state index in [1.165, 1.54) is 0 Å². The Morgan fingerprint density at radius 3 is 2.44 bits per heavy atom. The van der Waals surface area contributed by atoms with Crippen molar-refractivity contribution in [3.8, 4) is 0 Å². The second kappa shape index (κ2) is 4.93. The molecule has 0 radical (unpaired) electrons. The van der Waals surface area contributed by atoms with Crippen molar-refractivity contribution in [1.82, 2.24) is 5.32 Å². The zero-order valence-corrected chi connectivity index (χ0v) is 10.2. The number of nitrogens with two attached hydrogens (primary N) is 1. The van der Waals surface area contributed by atoms with E-state index in [1.54, 1.807) is 13.8 Å². The Morgan fingerprint density at radius 1 is 1.56 bits per heavy atom. The van der Waals surface area contributed by atoms with E-state index < -0.39 is 36.0 Å². The molecular weight excluding hydrogens is 251 g/mol. The molecule has 0 aliphatic heterocycles. The van der Waals surface area contributed by atoms with E-state index in [9.17, 15) is 18.3 Å². The van der Waals surface area contributed by atoms with Crippen LogP contribution in [0.2, 0.25) is 0 Å². The molecule has 8 heteroatoms. The van der Waals surface area contributed by atoms with E-state index in [0.29, 0.717) is 6.42 Å². The summed E-state index contributed by atoms with van der Waals surface area (Å²) >= 11 is 0. The van der Waals surface area contributed by atoms with Crippen molar-refractivity contribution < 1.29 is 23.5 Å². The van der Waals surface area contributed by atoms with Gasteiger partial charge in [0.05, 0.1) is 6.10 Å². The van der Waals surface area contributed by atoms with Crippen LogP contribution in [-0.4, -0.2) is 41.0 Å². The zero-order chi connectivity index (χ0) is 14.1. The molecule has 5 N–H and O–H groups in total. The molecule has 18 heavy (non-hydrogen) atoms. The van der Waals surface area contributed by atoms with Crippen molar-refractivity contribution in [2.24, 2.45) is 22.2 Å². The van der Waals surface area contributed by atoms with Gasteiger partial charge in [-0.1, -0.05) is 19.0 Å². The Morgan fingerprint density at radius 2 is 2.11 bits per heavy atom. The second-order valence-corrected chi connectivity index (χ2v) is 5.15. The van der Waals surface area contributed by atoms with Crippen LogP contribution in [-0.2, 0) is 0 Å². The third-order valence-corrected chi connectivity index (χ3v) is 3.65. The summed E-state index contributed by atoms with van der Waals surface area (Å²) < 4.78 is 37.9. The summed E-state index contributed by atoms with van der Waals surface area (Å²) in [6.07, 6.45) is -4.70. The molecule has 0 aromatic rings. The van der Waals surface area contributed by atoms with Crippen molar-refractivity contribution in [2.75, 3.05) is 6.54 Å². The van der Waals surface area contributed by atoms with Crippen LogP contribution in [0.4, 0.5) is 13.2 Å². The average Bonchev–Trinajstić information content (AvgIpc) is 2.25. The highest BCUT2D eigenvalue weighted by Crippen LogP contribution is 2.40. The Kier molecular flexibility index (Phi) is 4.12. The highest BCUT2D eigenvalue weighted by molar-refractivity contribution is 5.83. The Labute approximate surface area is 103 Å². The lowest BCUT2D eigenvalue weighted by molar-refractivity contribution is -0.157. The molecule has 0 spiro atoms. The lowest BCUT2D eigenvalue weighted by Gasteiger charge is -2.50. The molecule has 5 nitrogen and oxygen atoms in total. The molecule has 1 aliphatic rings. The number of nitrogens with one attached hydrogen (secondary N) is 1. The van der Waals surface area contributed by atoms with Gasteiger partial charge in [-0.3, -0.25) is 0 Å². The molecule has 0 heterocycles. The molecular formula is C10H18F3N3O2. The fourth-order valence-corrected chi connectivity index (χ4v) is 1.97. The summed E-state index contributed by atoms with van der Waals surface area (Å²) in [4.78, 5) is 0. The number of hydrogen-bond donors (Lipinski definition) is 4. The van der Waals surface area contributed by atoms with Gasteiger partial charge in [-0.25, -0.2) is 0 Å². The topological polar surface area (TPSA) is 90.9 Å². The van der Waals surface area contributed by atoms with Gasteiger partial charge in [0, 0.05) is 18.0 Å². The van der Waals surface area contributed by atoms with Crippen molar-refractivity contribution >= 4 is 5.84 Å². The Balaban J connectivity index is 2.60. The highest BCUT2D eigenvalue weighted by atomic mass is 19.4. The van der Waals surface area contributed by atoms with E-state index in [-0.39, 0.29) is 6.04 Å². The van der Waals surface area contributed by atoms with Gasteiger partial charge in [0.15, 0.2) is 5.84 Å². The van der Waals surface area contributed by atoms with Gasteiger partial charge in [-0.2, -0.15) is 13.2 Å². The normalized spacial score (nSPS) is 29.8. The smallest absolute Gasteiger partial charge is 0.400 e. The molecule has 106 valence electrons. The quantitative estimate of drug-likeness (QED) is 0.261. The maximum Gasteiger partial charge on any atom is 0.400 e. The molecule has 0 aromatic heterocycles. The predicted octanol–water partition coefficient (Wildman–Crippen LogP) is 0.660. The van der Waals surface area contributed by atoms with E-state index in [2.05, 4.69) is 10.5 Å². The average molecular weight is 269 g/mol. The maximum atomic E-state index is 12.6. The molecule has 3 atom stereocenters. The summed E-state index contributed by atoms with van der Waals surface area (Å²) in [5.41, 5.74) is 4.56. The lowest BCUT2D eigenvalue weighted by Crippen LogP contribution is -2.61. The summed E-state index contributed by atoms with van der Waals surface area (Å²) in [6, 6.07) is -0.219. The number of alkyl halides is 3. The van der Waals surface area contributed by atoms with Crippen LogP contribution in [0.1, 0.15) is 20.3 Å². The Bertz CT molecular complexity index is 331. The van der Waals surface area contributed by atoms with Crippen LogP contribution in [0, 0.1) is 11.3 Å². The van der Waals surface area contributed by atoms with E-state index in [1.807, 2.05) is 0 Å². The maximum absolute atomic E-state index is 12.6. The molecule has 1 fully saturated rings. The Hall–Kier alpha value is -1.02. The summed E-state index contributed by atoms with van der Waals surface area (Å²) in [5, 5.41) is 22.9.